The van der Waals surface area contributed by atoms with Gasteiger partial charge in [0.05, 0.1) is 11.5 Å². The summed E-state index contributed by atoms with van der Waals surface area (Å²) >= 11 is 4.43. The van der Waals surface area contributed by atoms with Gasteiger partial charge in [-0.1, -0.05) is 43.3 Å². The van der Waals surface area contributed by atoms with E-state index in [0.717, 1.165) is 48.0 Å². The summed E-state index contributed by atoms with van der Waals surface area (Å²) in [5.74, 6) is 2.15. The van der Waals surface area contributed by atoms with Crippen molar-refractivity contribution in [3.8, 4) is 0 Å². The van der Waals surface area contributed by atoms with E-state index in [1.54, 1.807) is 0 Å². The van der Waals surface area contributed by atoms with Crippen LogP contribution in [0.3, 0.4) is 0 Å². The maximum absolute atomic E-state index is 13.5. The van der Waals surface area contributed by atoms with Crippen LogP contribution in [0.4, 0.5) is 0 Å². The molecule has 0 spiro atoms. The SMILES string of the molecule is CC(CS)CN1CCN(C(=O)c2cccc3ccccc23)CC1CCS(=O)(=O)CC1CC1. The van der Waals surface area contributed by atoms with Crippen molar-refractivity contribution in [2.45, 2.75) is 32.2 Å². The van der Waals surface area contributed by atoms with Gasteiger partial charge in [-0.05, 0) is 53.7 Å². The molecule has 5 nitrogen and oxygen atoms in total. The molecule has 32 heavy (non-hydrogen) atoms. The van der Waals surface area contributed by atoms with E-state index < -0.39 is 9.84 Å². The molecule has 0 bridgehead atoms. The number of carbonyl (C=O) groups is 1. The maximum atomic E-state index is 13.5. The third-order valence-electron chi connectivity index (χ3n) is 6.72. The molecule has 0 radical (unpaired) electrons. The van der Waals surface area contributed by atoms with E-state index >= 15 is 0 Å². The molecule has 2 unspecified atom stereocenters. The zero-order valence-corrected chi connectivity index (χ0v) is 20.5. The first-order valence-corrected chi connectivity index (χ1v) is 14.1. The average Bonchev–Trinajstić information content (AvgIpc) is 3.60. The first kappa shape index (κ1) is 23.6. The number of benzene rings is 2. The summed E-state index contributed by atoms with van der Waals surface area (Å²) in [6.45, 7) is 5.05. The lowest BCUT2D eigenvalue weighted by Crippen LogP contribution is -2.56. The number of piperazine rings is 1. The number of hydrogen-bond acceptors (Lipinski definition) is 5. The van der Waals surface area contributed by atoms with Gasteiger partial charge in [0, 0.05) is 37.8 Å². The fourth-order valence-corrected chi connectivity index (χ4v) is 6.64. The van der Waals surface area contributed by atoms with Gasteiger partial charge in [-0.3, -0.25) is 9.69 Å². The van der Waals surface area contributed by atoms with Gasteiger partial charge in [0.2, 0.25) is 0 Å². The Morgan fingerprint density at radius 1 is 1.12 bits per heavy atom. The molecule has 0 N–H and O–H groups in total. The van der Waals surface area contributed by atoms with Gasteiger partial charge in [0.15, 0.2) is 9.84 Å². The lowest BCUT2D eigenvalue weighted by Gasteiger charge is -2.42. The predicted molar refractivity (Wildman–Crippen MR) is 134 cm³/mol. The van der Waals surface area contributed by atoms with Gasteiger partial charge >= 0.3 is 0 Å². The third-order valence-corrected chi connectivity index (χ3v) is 9.18. The highest BCUT2D eigenvalue weighted by atomic mass is 32.2. The normalized spacial score (nSPS) is 21.1. The van der Waals surface area contributed by atoms with Crippen LogP contribution in [-0.2, 0) is 9.84 Å². The molecule has 0 aromatic heterocycles. The number of fused-ring (bicyclic) bond motifs is 1. The van der Waals surface area contributed by atoms with Gasteiger partial charge in [0.25, 0.3) is 5.91 Å². The molecule has 174 valence electrons. The molecule has 7 heteroatoms. The van der Waals surface area contributed by atoms with Gasteiger partial charge < -0.3 is 4.90 Å². The summed E-state index contributed by atoms with van der Waals surface area (Å²) in [5.41, 5.74) is 0.723. The molecule has 4 rings (SSSR count). The first-order chi connectivity index (χ1) is 15.4. The van der Waals surface area contributed by atoms with Crippen LogP contribution in [0.5, 0.6) is 0 Å². The Kier molecular flexibility index (Phi) is 7.47. The summed E-state index contributed by atoms with van der Waals surface area (Å²) in [4.78, 5) is 17.8. The molecule has 2 aromatic carbocycles. The average molecular weight is 475 g/mol. The Hall–Kier alpha value is -1.57. The topological polar surface area (TPSA) is 57.7 Å². The summed E-state index contributed by atoms with van der Waals surface area (Å²) in [5, 5.41) is 2.02. The van der Waals surface area contributed by atoms with Crippen LogP contribution < -0.4 is 0 Å². The minimum atomic E-state index is -3.04. The Labute approximate surface area is 197 Å². The Morgan fingerprint density at radius 3 is 2.62 bits per heavy atom. The summed E-state index contributed by atoms with van der Waals surface area (Å²) in [7, 11) is -3.04. The zero-order valence-electron chi connectivity index (χ0n) is 18.8. The summed E-state index contributed by atoms with van der Waals surface area (Å²) in [6.07, 6.45) is 2.66. The van der Waals surface area contributed by atoms with Crippen molar-refractivity contribution in [2.24, 2.45) is 11.8 Å². The Balaban J connectivity index is 1.49. The van der Waals surface area contributed by atoms with Crippen molar-refractivity contribution in [2.75, 3.05) is 43.4 Å². The van der Waals surface area contributed by atoms with Crippen molar-refractivity contribution in [3.63, 3.8) is 0 Å². The first-order valence-electron chi connectivity index (χ1n) is 11.7. The molecule has 1 aliphatic heterocycles. The van der Waals surface area contributed by atoms with E-state index in [1.807, 2.05) is 47.4 Å². The second kappa shape index (κ2) is 10.1. The number of carbonyl (C=O) groups excluding carboxylic acids is 1. The van der Waals surface area contributed by atoms with Gasteiger partial charge in [-0.2, -0.15) is 12.6 Å². The molecular weight excluding hydrogens is 440 g/mol. The van der Waals surface area contributed by atoms with E-state index in [1.165, 1.54) is 0 Å². The van der Waals surface area contributed by atoms with E-state index in [-0.39, 0.29) is 17.7 Å². The fourth-order valence-electron chi connectivity index (χ4n) is 4.67. The van der Waals surface area contributed by atoms with Crippen LogP contribution in [0.1, 0.15) is 36.5 Å². The highest BCUT2D eigenvalue weighted by molar-refractivity contribution is 7.91. The molecule has 1 amide bonds. The van der Waals surface area contributed by atoms with Crippen LogP contribution in [-0.4, -0.2) is 73.6 Å². The second-order valence-electron chi connectivity index (χ2n) is 9.56. The quantitative estimate of drug-likeness (QED) is 0.563. The third kappa shape index (κ3) is 5.86. The van der Waals surface area contributed by atoms with E-state index in [2.05, 4.69) is 24.5 Å². The van der Waals surface area contributed by atoms with Crippen LogP contribution in [0.2, 0.25) is 0 Å². The number of hydrogen-bond donors (Lipinski definition) is 1. The molecule has 1 saturated heterocycles. The number of rotatable bonds is 9. The number of sulfone groups is 1. The number of thiol groups is 1. The molecule has 2 aliphatic rings. The van der Waals surface area contributed by atoms with Crippen molar-refractivity contribution < 1.29 is 13.2 Å². The van der Waals surface area contributed by atoms with Crippen LogP contribution in [0.15, 0.2) is 42.5 Å². The maximum Gasteiger partial charge on any atom is 0.254 e. The van der Waals surface area contributed by atoms with Crippen molar-refractivity contribution in [1.82, 2.24) is 9.80 Å². The van der Waals surface area contributed by atoms with E-state index in [9.17, 15) is 13.2 Å². The van der Waals surface area contributed by atoms with Crippen LogP contribution in [0, 0.1) is 11.8 Å². The van der Waals surface area contributed by atoms with Gasteiger partial charge in [-0.25, -0.2) is 8.42 Å². The van der Waals surface area contributed by atoms with Crippen molar-refractivity contribution in [3.05, 3.63) is 48.0 Å². The molecular formula is C25H34N2O3S2. The number of amides is 1. The largest absolute Gasteiger partial charge is 0.336 e. The number of nitrogens with zero attached hydrogens (tertiary/aromatic N) is 2. The smallest absolute Gasteiger partial charge is 0.254 e. The molecule has 2 atom stereocenters. The zero-order chi connectivity index (χ0) is 22.7. The van der Waals surface area contributed by atoms with E-state index in [0.29, 0.717) is 37.1 Å². The molecule has 2 fully saturated rings. The van der Waals surface area contributed by atoms with Crippen molar-refractivity contribution in [1.29, 1.82) is 0 Å². The van der Waals surface area contributed by atoms with Gasteiger partial charge in [-0.15, -0.1) is 0 Å². The standard InChI is InChI=1S/C25H34N2O3S2/c1-19(17-31)15-26-12-13-27(16-22(26)11-14-32(29,30)18-20-9-10-20)25(28)24-8-4-6-21-5-2-3-7-23(21)24/h2-8,19-20,22,31H,9-18H2,1H3. The monoisotopic (exact) mass is 474 g/mol. The summed E-state index contributed by atoms with van der Waals surface area (Å²) < 4.78 is 25.2. The lowest BCUT2D eigenvalue weighted by atomic mass is 10.0. The molecule has 1 saturated carbocycles. The lowest BCUT2D eigenvalue weighted by molar-refractivity contribution is 0.0446. The second-order valence-corrected chi connectivity index (χ2v) is 12.2. The fraction of sp³-hybridized carbons (Fsp3) is 0.560. The van der Waals surface area contributed by atoms with Gasteiger partial charge in [0.1, 0.15) is 0 Å². The highest BCUT2D eigenvalue weighted by Crippen LogP contribution is 2.31. The highest BCUT2D eigenvalue weighted by Gasteiger charge is 2.33. The molecule has 1 heterocycles. The molecule has 1 aliphatic carbocycles. The van der Waals surface area contributed by atoms with Crippen molar-refractivity contribution >= 4 is 39.1 Å². The van der Waals surface area contributed by atoms with E-state index in [4.69, 9.17) is 0 Å². The predicted octanol–water partition coefficient (Wildman–Crippen LogP) is 3.75. The minimum Gasteiger partial charge on any atom is -0.336 e. The summed E-state index contributed by atoms with van der Waals surface area (Å²) in [6, 6.07) is 13.9. The van der Waals surface area contributed by atoms with Crippen LogP contribution in [0.25, 0.3) is 10.8 Å². The Morgan fingerprint density at radius 2 is 1.88 bits per heavy atom. The minimum absolute atomic E-state index is 0.0366. The Bertz CT molecular complexity index is 1050. The van der Waals surface area contributed by atoms with Crippen LogP contribution >= 0.6 is 12.6 Å². The molecule has 2 aromatic rings.